The molecule has 0 fully saturated rings. The van der Waals surface area contributed by atoms with E-state index in [0.717, 1.165) is 11.1 Å². The molecule has 0 aliphatic rings. The van der Waals surface area contributed by atoms with E-state index < -0.39 is 4.92 Å². The van der Waals surface area contributed by atoms with Crippen LogP contribution in [0.1, 0.15) is 11.1 Å². The first-order valence-corrected chi connectivity index (χ1v) is 5.94. The van der Waals surface area contributed by atoms with Crippen LogP contribution in [0.15, 0.2) is 30.6 Å². The maximum atomic E-state index is 11.1. The molecular weight excluding hydrogens is 260 g/mol. The van der Waals surface area contributed by atoms with Gasteiger partial charge in [-0.3, -0.25) is 10.1 Å². The fraction of sp³-hybridized carbons (Fsp3) is 0.231. The zero-order valence-electron chi connectivity index (χ0n) is 11.2. The molecule has 20 heavy (non-hydrogen) atoms. The molecule has 0 aliphatic carbocycles. The Morgan fingerprint density at radius 2 is 2.00 bits per heavy atom. The molecule has 1 aromatic carbocycles. The van der Waals surface area contributed by atoms with Crippen LogP contribution in [-0.2, 0) is 6.54 Å². The number of benzene rings is 1. The molecule has 2 rings (SSSR count). The van der Waals surface area contributed by atoms with Crippen molar-refractivity contribution in [3.05, 3.63) is 51.8 Å². The van der Waals surface area contributed by atoms with E-state index in [9.17, 15) is 10.1 Å². The summed E-state index contributed by atoms with van der Waals surface area (Å²) < 4.78 is 4.88. The molecule has 0 amide bonds. The number of aromatic nitrogens is 2. The van der Waals surface area contributed by atoms with E-state index in [2.05, 4.69) is 15.3 Å². The first-order chi connectivity index (χ1) is 9.61. The fourth-order valence-corrected chi connectivity index (χ4v) is 1.70. The lowest BCUT2D eigenvalue weighted by molar-refractivity contribution is -0.385. The van der Waals surface area contributed by atoms with Gasteiger partial charge >= 0.3 is 5.69 Å². The summed E-state index contributed by atoms with van der Waals surface area (Å²) in [5.74, 6) is 0.0823. The predicted molar refractivity (Wildman–Crippen MR) is 73.7 cm³/mol. The van der Waals surface area contributed by atoms with Gasteiger partial charge in [0, 0.05) is 6.54 Å². The van der Waals surface area contributed by atoms with Gasteiger partial charge in [-0.1, -0.05) is 29.8 Å². The van der Waals surface area contributed by atoms with E-state index in [1.165, 1.54) is 13.4 Å². The summed E-state index contributed by atoms with van der Waals surface area (Å²) in [6.45, 7) is 2.43. The minimum absolute atomic E-state index is 0.0589. The summed E-state index contributed by atoms with van der Waals surface area (Å²) in [5, 5.41) is 14.0. The second-order valence-electron chi connectivity index (χ2n) is 4.18. The van der Waals surface area contributed by atoms with Crippen LogP contribution in [0.5, 0.6) is 5.88 Å². The first kappa shape index (κ1) is 13.7. The number of anilines is 1. The monoisotopic (exact) mass is 274 g/mol. The van der Waals surface area contributed by atoms with E-state index in [4.69, 9.17) is 4.74 Å². The number of ether oxygens (including phenoxy) is 1. The molecule has 7 heteroatoms. The average molecular weight is 274 g/mol. The maximum absolute atomic E-state index is 11.1. The van der Waals surface area contributed by atoms with Crippen LogP contribution < -0.4 is 10.1 Å². The van der Waals surface area contributed by atoms with Gasteiger partial charge in [0.05, 0.1) is 12.0 Å². The van der Waals surface area contributed by atoms with Crippen molar-refractivity contribution in [2.45, 2.75) is 13.5 Å². The Morgan fingerprint density at radius 1 is 1.30 bits per heavy atom. The van der Waals surface area contributed by atoms with Crippen molar-refractivity contribution in [2.24, 2.45) is 0 Å². The van der Waals surface area contributed by atoms with Gasteiger partial charge in [0.1, 0.15) is 6.33 Å². The minimum atomic E-state index is -0.559. The number of nitrogens with one attached hydrogen (secondary N) is 1. The highest BCUT2D eigenvalue weighted by Gasteiger charge is 2.23. The highest BCUT2D eigenvalue weighted by atomic mass is 16.6. The molecular formula is C13H14N4O3. The Bertz CT molecular complexity index is 614. The third-order valence-corrected chi connectivity index (χ3v) is 2.75. The van der Waals surface area contributed by atoms with Gasteiger partial charge in [-0.05, 0) is 12.5 Å². The van der Waals surface area contributed by atoms with Crippen molar-refractivity contribution in [1.29, 1.82) is 0 Å². The number of nitrogens with zero attached hydrogens (tertiary/aromatic N) is 3. The van der Waals surface area contributed by atoms with Gasteiger partial charge in [0.15, 0.2) is 0 Å². The van der Waals surface area contributed by atoms with Crippen molar-refractivity contribution in [2.75, 3.05) is 12.4 Å². The molecule has 0 atom stereocenters. The lowest BCUT2D eigenvalue weighted by Gasteiger charge is -2.08. The molecule has 0 spiro atoms. The molecule has 0 saturated heterocycles. The number of hydrogen-bond donors (Lipinski definition) is 1. The zero-order chi connectivity index (χ0) is 14.5. The van der Waals surface area contributed by atoms with Gasteiger partial charge in [-0.25, -0.2) is 4.98 Å². The summed E-state index contributed by atoms with van der Waals surface area (Å²) in [5.41, 5.74) is 1.90. The van der Waals surface area contributed by atoms with Crippen molar-refractivity contribution >= 4 is 11.5 Å². The van der Waals surface area contributed by atoms with Gasteiger partial charge in [0.2, 0.25) is 5.82 Å². The third kappa shape index (κ3) is 3.00. The Morgan fingerprint density at radius 3 is 2.60 bits per heavy atom. The molecule has 0 saturated carbocycles. The Balaban J connectivity index is 2.21. The lowest BCUT2D eigenvalue weighted by Crippen LogP contribution is -2.07. The number of hydrogen-bond acceptors (Lipinski definition) is 6. The van der Waals surface area contributed by atoms with Crippen LogP contribution in [0, 0.1) is 17.0 Å². The number of aryl methyl sites for hydroxylation is 1. The van der Waals surface area contributed by atoms with Crippen molar-refractivity contribution in [3.8, 4) is 5.88 Å². The molecule has 0 aliphatic heterocycles. The van der Waals surface area contributed by atoms with E-state index in [1.807, 2.05) is 31.2 Å². The minimum Gasteiger partial charge on any atom is -0.476 e. The summed E-state index contributed by atoms with van der Waals surface area (Å²) >= 11 is 0. The Labute approximate surface area is 115 Å². The van der Waals surface area contributed by atoms with Gasteiger partial charge < -0.3 is 10.1 Å². The molecule has 104 valence electrons. The quantitative estimate of drug-likeness (QED) is 0.664. The van der Waals surface area contributed by atoms with E-state index >= 15 is 0 Å². The van der Waals surface area contributed by atoms with Gasteiger partial charge in [-0.2, -0.15) is 4.98 Å². The molecule has 0 bridgehead atoms. The molecule has 1 aromatic heterocycles. The maximum Gasteiger partial charge on any atom is 0.372 e. The zero-order valence-corrected chi connectivity index (χ0v) is 11.2. The van der Waals surface area contributed by atoms with Crippen LogP contribution in [-0.4, -0.2) is 22.0 Å². The van der Waals surface area contributed by atoms with Crippen LogP contribution >= 0.6 is 0 Å². The number of rotatable bonds is 5. The molecule has 2 aromatic rings. The summed E-state index contributed by atoms with van der Waals surface area (Å²) in [6, 6.07) is 7.86. The smallest absolute Gasteiger partial charge is 0.372 e. The second kappa shape index (κ2) is 5.96. The van der Waals surface area contributed by atoms with Crippen molar-refractivity contribution in [3.63, 3.8) is 0 Å². The highest BCUT2D eigenvalue weighted by Crippen LogP contribution is 2.30. The van der Waals surface area contributed by atoms with Crippen LogP contribution in [0.3, 0.4) is 0 Å². The molecule has 7 nitrogen and oxygen atoms in total. The number of nitro groups is 1. The van der Waals surface area contributed by atoms with Crippen molar-refractivity contribution < 1.29 is 9.66 Å². The van der Waals surface area contributed by atoms with Gasteiger partial charge in [-0.15, -0.1) is 0 Å². The first-order valence-electron chi connectivity index (χ1n) is 5.94. The van der Waals surface area contributed by atoms with Crippen molar-refractivity contribution in [1.82, 2.24) is 9.97 Å². The van der Waals surface area contributed by atoms with E-state index in [0.29, 0.717) is 6.54 Å². The Hall–Kier alpha value is -2.70. The van der Waals surface area contributed by atoms with Crippen LogP contribution in [0.2, 0.25) is 0 Å². The van der Waals surface area contributed by atoms with Gasteiger partial charge in [0.25, 0.3) is 5.88 Å². The molecule has 1 heterocycles. The SMILES string of the molecule is COc1ncnc(NCc2ccc(C)cc2)c1[N+](=O)[O-]. The number of methoxy groups -OCH3 is 1. The van der Waals surface area contributed by atoms with Crippen LogP contribution in [0.25, 0.3) is 0 Å². The van der Waals surface area contributed by atoms with Crippen LogP contribution in [0.4, 0.5) is 11.5 Å². The predicted octanol–water partition coefficient (Wildman–Crippen LogP) is 2.31. The molecule has 0 unspecified atom stereocenters. The Kier molecular flexibility index (Phi) is 4.09. The van der Waals surface area contributed by atoms with E-state index in [1.54, 1.807) is 0 Å². The highest BCUT2D eigenvalue weighted by molar-refractivity contribution is 5.61. The second-order valence-corrected chi connectivity index (χ2v) is 4.18. The molecule has 0 radical (unpaired) electrons. The fourth-order valence-electron chi connectivity index (χ4n) is 1.70. The summed E-state index contributed by atoms with van der Waals surface area (Å²) in [7, 11) is 1.33. The summed E-state index contributed by atoms with van der Waals surface area (Å²) in [6.07, 6.45) is 1.23. The topological polar surface area (TPSA) is 90.2 Å². The lowest BCUT2D eigenvalue weighted by atomic mass is 10.1. The normalized spacial score (nSPS) is 10.1. The summed E-state index contributed by atoms with van der Waals surface area (Å²) in [4.78, 5) is 18.1. The third-order valence-electron chi connectivity index (χ3n) is 2.75. The van der Waals surface area contributed by atoms with E-state index in [-0.39, 0.29) is 17.4 Å². The molecule has 1 N–H and O–H groups in total. The standard InChI is InChI=1S/C13H14N4O3/c1-9-3-5-10(6-4-9)7-14-12-11(17(18)19)13(20-2)16-8-15-12/h3-6,8H,7H2,1-2H3,(H,14,15,16). The largest absolute Gasteiger partial charge is 0.476 e. The average Bonchev–Trinajstić information content (AvgIpc) is 2.46.